The number of rotatable bonds is 6. The van der Waals surface area contributed by atoms with Gasteiger partial charge in [-0.2, -0.15) is 4.36 Å². The Morgan fingerprint density at radius 2 is 2.11 bits per heavy atom. The maximum absolute atomic E-state index is 14.2. The van der Waals surface area contributed by atoms with E-state index in [-0.39, 0.29) is 18.3 Å². The van der Waals surface area contributed by atoms with Crippen LogP contribution in [-0.4, -0.2) is 71.1 Å². The molecule has 9 nitrogen and oxygen atoms in total. The van der Waals surface area contributed by atoms with Crippen molar-refractivity contribution >= 4 is 27.2 Å². The number of hydrogen-bond donors (Lipinski definition) is 1. The summed E-state index contributed by atoms with van der Waals surface area (Å²) in [4.78, 5) is 17.3. The molecule has 190 valence electrons. The second-order valence-electron chi connectivity index (χ2n) is 8.95. The van der Waals surface area contributed by atoms with Gasteiger partial charge in [0.1, 0.15) is 23.5 Å². The lowest BCUT2D eigenvalue weighted by atomic mass is 10.1. The van der Waals surface area contributed by atoms with Gasteiger partial charge in [0.2, 0.25) is 0 Å². The van der Waals surface area contributed by atoms with Crippen molar-refractivity contribution < 1.29 is 27.6 Å². The minimum atomic E-state index is -2.60. The summed E-state index contributed by atoms with van der Waals surface area (Å²) in [6.45, 7) is 5.12. The predicted molar refractivity (Wildman–Crippen MR) is 133 cm³/mol. The van der Waals surface area contributed by atoms with Crippen LogP contribution in [0.3, 0.4) is 0 Å². The van der Waals surface area contributed by atoms with Gasteiger partial charge in [0.25, 0.3) is 5.91 Å². The van der Waals surface area contributed by atoms with Gasteiger partial charge in [-0.05, 0) is 38.0 Å². The minimum absolute atomic E-state index is 0.00416. The highest BCUT2D eigenvalue weighted by Gasteiger charge is 2.43. The number of ether oxygens (including phenoxy) is 3. The zero-order valence-corrected chi connectivity index (χ0v) is 21.4. The summed E-state index contributed by atoms with van der Waals surface area (Å²) in [6, 6.07) is 4.24. The molecule has 2 saturated heterocycles. The molecule has 2 aliphatic heterocycles. The van der Waals surface area contributed by atoms with Gasteiger partial charge in [0.05, 0.1) is 29.7 Å². The zero-order valence-electron chi connectivity index (χ0n) is 20.5. The van der Waals surface area contributed by atoms with Crippen LogP contribution >= 0.6 is 0 Å². The van der Waals surface area contributed by atoms with Gasteiger partial charge < -0.3 is 24.1 Å². The van der Waals surface area contributed by atoms with Gasteiger partial charge in [-0.3, -0.25) is 9.79 Å². The SMILES string of the molecule is CCN=C(Nc1ccc(F)cc1O[C@@H]1CO[C@@H]2CCO[C@@H]21)c1c(C)c(C(=O)N=S(C)(C)=O)cn1C. The summed E-state index contributed by atoms with van der Waals surface area (Å²) in [5, 5.41) is 3.27. The average molecular weight is 507 g/mol. The van der Waals surface area contributed by atoms with Gasteiger partial charge in [0.15, 0.2) is 6.10 Å². The topological polar surface area (TPSA) is 104 Å². The summed E-state index contributed by atoms with van der Waals surface area (Å²) in [5.74, 6) is -0.189. The van der Waals surface area contributed by atoms with Crippen LogP contribution in [0.4, 0.5) is 10.1 Å². The van der Waals surface area contributed by atoms with Gasteiger partial charge in [0, 0.05) is 54.7 Å². The Kier molecular flexibility index (Phi) is 7.30. The molecule has 2 fully saturated rings. The first kappa shape index (κ1) is 25.3. The summed E-state index contributed by atoms with van der Waals surface area (Å²) in [6.07, 6.45) is 4.75. The number of halogens is 1. The van der Waals surface area contributed by atoms with Crippen molar-refractivity contribution in [2.45, 2.75) is 38.6 Å². The number of amidine groups is 1. The van der Waals surface area contributed by atoms with Crippen LogP contribution < -0.4 is 10.1 Å². The number of hydrogen-bond acceptors (Lipinski definition) is 6. The van der Waals surface area contributed by atoms with E-state index in [9.17, 15) is 13.4 Å². The minimum Gasteiger partial charge on any atom is -0.483 e. The molecule has 1 amide bonds. The highest BCUT2D eigenvalue weighted by Crippen LogP contribution is 2.33. The molecule has 0 saturated carbocycles. The van der Waals surface area contributed by atoms with E-state index in [2.05, 4.69) is 14.7 Å². The van der Waals surface area contributed by atoms with Crippen LogP contribution in [0.25, 0.3) is 0 Å². The van der Waals surface area contributed by atoms with Crippen LogP contribution in [0.15, 0.2) is 33.8 Å². The fourth-order valence-electron chi connectivity index (χ4n) is 4.41. The standard InChI is InChI=1S/C24H31FN4O5S/c1-6-26-23(21-14(2)16(12-29(21)3)24(30)28-35(4,5)31)27-17-8-7-15(25)11-19(17)34-20-13-33-18-9-10-32-22(18)20/h7-8,11-12,18,20,22H,6,9-10,13H2,1-5H3,(H,26,27)/t18-,20-,22+/m1/s1. The first-order valence-corrected chi connectivity index (χ1v) is 13.8. The van der Waals surface area contributed by atoms with E-state index >= 15 is 0 Å². The van der Waals surface area contributed by atoms with E-state index in [1.165, 1.54) is 24.6 Å². The summed E-state index contributed by atoms with van der Waals surface area (Å²) in [7, 11) is -0.812. The Morgan fingerprint density at radius 3 is 2.83 bits per heavy atom. The van der Waals surface area contributed by atoms with E-state index in [0.29, 0.717) is 53.9 Å². The lowest BCUT2D eigenvalue weighted by Crippen LogP contribution is -2.32. The fourth-order valence-corrected chi connectivity index (χ4v) is 4.90. The van der Waals surface area contributed by atoms with Crippen LogP contribution in [0, 0.1) is 12.7 Å². The molecule has 4 rings (SSSR count). The van der Waals surface area contributed by atoms with Crippen LogP contribution in [0.5, 0.6) is 5.75 Å². The monoisotopic (exact) mass is 506 g/mol. The van der Waals surface area contributed by atoms with Crippen LogP contribution in [-0.2, 0) is 26.3 Å². The number of carbonyl (C=O) groups excluding carboxylic acids is 1. The Hall–Kier alpha value is -2.76. The highest BCUT2D eigenvalue weighted by molar-refractivity contribution is 7.92. The van der Waals surface area contributed by atoms with E-state index in [4.69, 9.17) is 14.2 Å². The third kappa shape index (κ3) is 5.57. The lowest BCUT2D eigenvalue weighted by molar-refractivity contribution is 0.0310. The van der Waals surface area contributed by atoms with Crippen molar-refractivity contribution in [2.75, 3.05) is 37.6 Å². The van der Waals surface area contributed by atoms with Crippen molar-refractivity contribution in [3.05, 3.63) is 47.0 Å². The van der Waals surface area contributed by atoms with Crippen molar-refractivity contribution in [3.63, 3.8) is 0 Å². The molecular weight excluding hydrogens is 475 g/mol. The zero-order chi connectivity index (χ0) is 25.3. The van der Waals surface area contributed by atoms with Gasteiger partial charge >= 0.3 is 0 Å². The van der Waals surface area contributed by atoms with Crippen molar-refractivity contribution in [3.8, 4) is 5.75 Å². The molecule has 3 heterocycles. The molecule has 3 atom stereocenters. The van der Waals surface area contributed by atoms with Gasteiger partial charge in [-0.1, -0.05) is 0 Å². The van der Waals surface area contributed by atoms with Crippen molar-refractivity contribution in [1.29, 1.82) is 0 Å². The molecule has 2 aliphatic rings. The number of anilines is 1. The number of nitrogens with zero attached hydrogens (tertiary/aromatic N) is 3. The van der Waals surface area contributed by atoms with Gasteiger partial charge in [-0.15, -0.1) is 0 Å². The number of aliphatic imine (C=N–C) groups is 1. The lowest BCUT2D eigenvalue weighted by Gasteiger charge is -2.21. The molecule has 35 heavy (non-hydrogen) atoms. The highest BCUT2D eigenvalue weighted by atomic mass is 32.2. The molecule has 11 heteroatoms. The Balaban J connectivity index is 1.66. The average Bonchev–Trinajstić information content (AvgIpc) is 3.45. The van der Waals surface area contributed by atoms with Crippen molar-refractivity contribution in [2.24, 2.45) is 16.4 Å². The largest absolute Gasteiger partial charge is 0.483 e. The molecular formula is C24H31FN4O5S. The molecule has 0 radical (unpaired) electrons. The molecule has 1 aromatic carbocycles. The molecule has 0 bridgehead atoms. The van der Waals surface area contributed by atoms with Crippen molar-refractivity contribution in [1.82, 2.24) is 4.57 Å². The number of nitrogens with one attached hydrogen (secondary N) is 1. The first-order valence-electron chi connectivity index (χ1n) is 11.5. The summed E-state index contributed by atoms with van der Waals surface area (Å²) < 4.78 is 49.5. The van der Waals surface area contributed by atoms with E-state index in [1.54, 1.807) is 30.8 Å². The molecule has 1 N–H and O–H groups in total. The number of carbonyl (C=O) groups is 1. The molecule has 1 aromatic heterocycles. The van der Waals surface area contributed by atoms with Crippen LogP contribution in [0.2, 0.25) is 0 Å². The fraction of sp³-hybridized carbons (Fsp3) is 0.500. The quantitative estimate of drug-likeness (QED) is 0.477. The number of aryl methyl sites for hydroxylation is 1. The number of fused-ring (bicyclic) bond motifs is 1. The number of benzene rings is 1. The molecule has 2 aromatic rings. The Bertz CT molecular complexity index is 1270. The number of aromatic nitrogens is 1. The van der Waals surface area contributed by atoms with E-state index in [0.717, 1.165) is 6.42 Å². The maximum Gasteiger partial charge on any atom is 0.286 e. The molecule has 0 aliphatic carbocycles. The van der Waals surface area contributed by atoms with Gasteiger partial charge in [-0.25, -0.2) is 8.60 Å². The first-order chi connectivity index (χ1) is 16.6. The second-order valence-corrected chi connectivity index (χ2v) is 11.5. The third-order valence-electron chi connectivity index (χ3n) is 5.90. The van der Waals surface area contributed by atoms with E-state index in [1.807, 2.05) is 6.92 Å². The summed E-state index contributed by atoms with van der Waals surface area (Å²) >= 11 is 0. The second kappa shape index (κ2) is 10.1. The Labute approximate surface area is 204 Å². The predicted octanol–water partition coefficient (Wildman–Crippen LogP) is 3.15. The molecule has 0 unspecified atom stereocenters. The third-order valence-corrected chi connectivity index (χ3v) is 6.51. The maximum atomic E-state index is 14.2. The summed E-state index contributed by atoms with van der Waals surface area (Å²) in [5.41, 5.74) is 2.15. The van der Waals surface area contributed by atoms with E-state index < -0.39 is 21.5 Å². The normalized spacial score (nSPS) is 22.2. The van der Waals surface area contributed by atoms with Crippen LogP contribution in [0.1, 0.15) is 35.0 Å². The molecule has 0 spiro atoms. The smallest absolute Gasteiger partial charge is 0.286 e. The Morgan fingerprint density at radius 1 is 1.34 bits per heavy atom. The number of amides is 1.